The van der Waals surface area contributed by atoms with Crippen molar-refractivity contribution in [2.75, 3.05) is 13.7 Å². The molecule has 0 heterocycles. The summed E-state index contributed by atoms with van der Waals surface area (Å²) in [6.45, 7) is 6.99. The van der Waals surface area contributed by atoms with Gasteiger partial charge in [0.1, 0.15) is 5.75 Å². The van der Waals surface area contributed by atoms with E-state index >= 15 is 0 Å². The third kappa shape index (κ3) is 4.03. The molecule has 1 N–H and O–H groups in total. The minimum atomic E-state index is 0.113. The minimum absolute atomic E-state index is 0.113. The van der Waals surface area contributed by atoms with Gasteiger partial charge in [-0.05, 0) is 58.0 Å². The summed E-state index contributed by atoms with van der Waals surface area (Å²) in [5.74, 6) is 0.883. The molecular formula is C13H20ClNO. The number of rotatable bonds is 5. The number of benzene rings is 1. The van der Waals surface area contributed by atoms with Gasteiger partial charge in [0.05, 0.1) is 6.61 Å². The lowest BCUT2D eigenvalue weighted by Crippen LogP contribution is -2.37. The molecule has 2 nitrogen and oxygen atoms in total. The zero-order chi connectivity index (χ0) is 12.2. The molecular weight excluding hydrogens is 222 g/mol. The highest BCUT2D eigenvalue weighted by atomic mass is 35.5. The molecule has 0 aliphatic carbocycles. The number of aryl methyl sites for hydroxylation is 1. The van der Waals surface area contributed by atoms with Crippen LogP contribution in [0, 0.1) is 6.92 Å². The molecule has 0 amide bonds. The maximum absolute atomic E-state index is 5.94. The highest BCUT2D eigenvalue weighted by Gasteiger charge is 2.14. The highest BCUT2D eigenvalue weighted by molar-refractivity contribution is 6.31. The van der Waals surface area contributed by atoms with Gasteiger partial charge in [-0.15, -0.1) is 0 Å². The molecule has 0 radical (unpaired) electrons. The number of nitrogens with one attached hydrogen (secondary N) is 1. The van der Waals surface area contributed by atoms with Gasteiger partial charge in [-0.2, -0.15) is 0 Å². The maximum Gasteiger partial charge on any atom is 0.119 e. The Bertz CT molecular complexity index is 350. The number of hydrogen-bond donors (Lipinski definition) is 1. The lowest BCUT2D eigenvalue weighted by Gasteiger charge is -2.23. The van der Waals surface area contributed by atoms with Crippen LogP contribution in [0.4, 0.5) is 0 Å². The van der Waals surface area contributed by atoms with Gasteiger partial charge in [-0.3, -0.25) is 0 Å². The Kier molecular flexibility index (Phi) is 4.63. The van der Waals surface area contributed by atoms with Gasteiger partial charge in [0.15, 0.2) is 0 Å². The van der Waals surface area contributed by atoms with Crippen LogP contribution in [0.3, 0.4) is 0 Å². The Labute approximate surface area is 103 Å². The summed E-state index contributed by atoms with van der Waals surface area (Å²) >= 11 is 5.94. The Morgan fingerprint density at radius 2 is 2.06 bits per heavy atom. The molecule has 0 atom stereocenters. The predicted octanol–water partition coefficient (Wildman–Crippen LogP) is 3.42. The fraction of sp³-hybridized carbons (Fsp3) is 0.538. The molecule has 1 rings (SSSR count). The first-order valence-electron chi connectivity index (χ1n) is 5.52. The second-order valence-corrected chi connectivity index (χ2v) is 5.05. The first-order chi connectivity index (χ1) is 7.44. The Morgan fingerprint density at radius 1 is 1.38 bits per heavy atom. The van der Waals surface area contributed by atoms with Crippen LogP contribution in [0.1, 0.15) is 25.8 Å². The van der Waals surface area contributed by atoms with Crippen molar-refractivity contribution in [1.29, 1.82) is 0 Å². The van der Waals surface area contributed by atoms with Crippen LogP contribution in [0.25, 0.3) is 0 Å². The molecule has 0 saturated carbocycles. The summed E-state index contributed by atoms with van der Waals surface area (Å²) in [4.78, 5) is 0. The lowest BCUT2D eigenvalue weighted by molar-refractivity contribution is 0.256. The molecule has 16 heavy (non-hydrogen) atoms. The molecule has 0 fully saturated rings. The second-order valence-electron chi connectivity index (χ2n) is 4.64. The average molecular weight is 242 g/mol. The largest absolute Gasteiger partial charge is 0.494 e. The number of halogens is 1. The summed E-state index contributed by atoms with van der Waals surface area (Å²) in [6, 6.07) is 5.74. The molecule has 0 saturated heterocycles. The van der Waals surface area contributed by atoms with Crippen molar-refractivity contribution in [1.82, 2.24) is 5.32 Å². The van der Waals surface area contributed by atoms with Crippen LogP contribution >= 0.6 is 11.6 Å². The normalized spacial score (nSPS) is 11.6. The van der Waals surface area contributed by atoms with Gasteiger partial charge in [0.2, 0.25) is 0 Å². The van der Waals surface area contributed by atoms with E-state index in [2.05, 4.69) is 19.2 Å². The molecule has 0 unspecified atom stereocenters. The molecule has 0 aliphatic rings. The zero-order valence-corrected chi connectivity index (χ0v) is 11.2. The van der Waals surface area contributed by atoms with E-state index in [9.17, 15) is 0 Å². The quantitative estimate of drug-likeness (QED) is 0.853. The van der Waals surface area contributed by atoms with Gasteiger partial charge < -0.3 is 10.1 Å². The SMILES string of the molecule is CNC(C)(C)CCOc1ccc(Cl)c(C)c1. The van der Waals surface area contributed by atoms with Crippen molar-refractivity contribution in [3.8, 4) is 5.75 Å². The van der Waals surface area contributed by atoms with Crippen molar-refractivity contribution in [3.63, 3.8) is 0 Å². The predicted molar refractivity (Wildman–Crippen MR) is 69.4 cm³/mol. The monoisotopic (exact) mass is 241 g/mol. The van der Waals surface area contributed by atoms with E-state index in [1.807, 2.05) is 32.2 Å². The van der Waals surface area contributed by atoms with Gasteiger partial charge in [0, 0.05) is 10.6 Å². The van der Waals surface area contributed by atoms with E-state index in [0.29, 0.717) is 6.61 Å². The molecule has 1 aromatic carbocycles. The Balaban J connectivity index is 2.46. The van der Waals surface area contributed by atoms with E-state index in [-0.39, 0.29) is 5.54 Å². The first kappa shape index (κ1) is 13.3. The topological polar surface area (TPSA) is 21.3 Å². The summed E-state index contributed by atoms with van der Waals surface area (Å²) < 4.78 is 5.68. The second kappa shape index (κ2) is 5.55. The zero-order valence-electron chi connectivity index (χ0n) is 10.4. The number of ether oxygens (including phenoxy) is 1. The van der Waals surface area contributed by atoms with E-state index in [4.69, 9.17) is 16.3 Å². The van der Waals surface area contributed by atoms with Crippen molar-refractivity contribution >= 4 is 11.6 Å². The molecule has 0 aliphatic heterocycles. The summed E-state index contributed by atoms with van der Waals surface area (Å²) in [7, 11) is 1.96. The van der Waals surface area contributed by atoms with E-state index in [1.54, 1.807) is 0 Å². The van der Waals surface area contributed by atoms with Crippen molar-refractivity contribution < 1.29 is 4.74 Å². The van der Waals surface area contributed by atoms with Crippen LogP contribution in [0.2, 0.25) is 5.02 Å². The average Bonchev–Trinajstić information content (AvgIpc) is 2.23. The molecule has 3 heteroatoms. The fourth-order valence-corrected chi connectivity index (χ4v) is 1.37. The molecule has 90 valence electrons. The first-order valence-corrected chi connectivity index (χ1v) is 5.90. The third-order valence-electron chi connectivity index (χ3n) is 2.80. The molecule has 0 spiro atoms. The van der Waals surface area contributed by atoms with Crippen LogP contribution in [-0.4, -0.2) is 19.2 Å². The fourth-order valence-electron chi connectivity index (χ4n) is 1.26. The maximum atomic E-state index is 5.94. The van der Waals surface area contributed by atoms with Gasteiger partial charge in [-0.1, -0.05) is 11.6 Å². The van der Waals surface area contributed by atoms with Crippen LogP contribution in [0.15, 0.2) is 18.2 Å². The van der Waals surface area contributed by atoms with Crippen LogP contribution in [-0.2, 0) is 0 Å². The third-order valence-corrected chi connectivity index (χ3v) is 3.23. The summed E-state index contributed by atoms with van der Waals surface area (Å²) in [5, 5.41) is 4.03. The van der Waals surface area contributed by atoms with Crippen LogP contribution < -0.4 is 10.1 Å². The van der Waals surface area contributed by atoms with Crippen molar-refractivity contribution in [3.05, 3.63) is 28.8 Å². The Hall–Kier alpha value is -0.730. The van der Waals surface area contributed by atoms with Gasteiger partial charge in [-0.25, -0.2) is 0 Å². The highest BCUT2D eigenvalue weighted by Crippen LogP contribution is 2.21. The molecule has 1 aromatic rings. The van der Waals surface area contributed by atoms with E-state index in [0.717, 1.165) is 22.8 Å². The molecule has 0 bridgehead atoms. The van der Waals surface area contributed by atoms with Crippen molar-refractivity contribution in [2.45, 2.75) is 32.7 Å². The Morgan fingerprint density at radius 3 is 2.62 bits per heavy atom. The standard InChI is InChI=1S/C13H20ClNO/c1-10-9-11(5-6-12(10)14)16-8-7-13(2,3)15-4/h5-6,9,15H,7-8H2,1-4H3. The van der Waals surface area contributed by atoms with E-state index < -0.39 is 0 Å². The van der Waals surface area contributed by atoms with Crippen molar-refractivity contribution in [2.24, 2.45) is 0 Å². The number of hydrogen-bond acceptors (Lipinski definition) is 2. The molecule has 0 aromatic heterocycles. The van der Waals surface area contributed by atoms with E-state index in [1.165, 1.54) is 0 Å². The minimum Gasteiger partial charge on any atom is -0.494 e. The lowest BCUT2D eigenvalue weighted by atomic mass is 10.0. The summed E-state index contributed by atoms with van der Waals surface area (Å²) in [6.07, 6.45) is 0.963. The smallest absolute Gasteiger partial charge is 0.119 e. The van der Waals surface area contributed by atoms with Gasteiger partial charge in [0.25, 0.3) is 0 Å². The summed E-state index contributed by atoms with van der Waals surface area (Å²) in [5.41, 5.74) is 1.16. The van der Waals surface area contributed by atoms with Crippen LogP contribution in [0.5, 0.6) is 5.75 Å². The van der Waals surface area contributed by atoms with Gasteiger partial charge >= 0.3 is 0 Å².